The van der Waals surface area contributed by atoms with E-state index in [9.17, 15) is 9.59 Å². The molecule has 0 atom stereocenters. The van der Waals surface area contributed by atoms with E-state index in [0.29, 0.717) is 22.9 Å². The van der Waals surface area contributed by atoms with Crippen molar-refractivity contribution >= 4 is 28.7 Å². The zero-order valence-electron chi connectivity index (χ0n) is 16.7. The van der Waals surface area contributed by atoms with Gasteiger partial charge in [-0.3, -0.25) is 9.59 Å². The highest BCUT2D eigenvalue weighted by Crippen LogP contribution is 2.31. The lowest BCUT2D eigenvalue weighted by molar-refractivity contribution is 0.0942. The summed E-state index contributed by atoms with van der Waals surface area (Å²) in [6.45, 7) is 3.82. The number of nitrogens with zero attached hydrogens (tertiary/aromatic N) is 3. The predicted octanol–water partition coefficient (Wildman–Crippen LogP) is 3.94. The molecule has 2 heterocycles. The van der Waals surface area contributed by atoms with Crippen LogP contribution in [0.15, 0.2) is 42.9 Å². The maximum Gasteiger partial charge on any atom is 0.257 e. The number of amides is 2. The first-order valence-corrected chi connectivity index (χ1v) is 10.1. The van der Waals surface area contributed by atoms with E-state index in [4.69, 9.17) is 0 Å². The van der Waals surface area contributed by atoms with E-state index in [1.54, 1.807) is 36.5 Å². The summed E-state index contributed by atoms with van der Waals surface area (Å²) in [7, 11) is 0. The summed E-state index contributed by atoms with van der Waals surface area (Å²) in [5, 5.41) is 5.69. The number of pyridine rings is 1. The van der Waals surface area contributed by atoms with Crippen LogP contribution in [0.3, 0.4) is 0 Å². The minimum atomic E-state index is -0.255. The van der Waals surface area contributed by atoms with E-state index in [0.717, 1.165) is 24.0 Å². The molecule has 150 valence electrons. The first-order valence-electron chi connectivity index (χ1n) is 10.1. The van der Waals surface area contributed by atoms with Gasteiger partial charge in [-0.05, 0) is 57.0 Å². The molecular formula is C22H25N5O2. The smallest absolute Gasteiger partial charge is 0.257 e. The second-order valence-corrected chi connectivity index (χ2v) is 7.82. The summed E-state index contributed by atoms with van der Waals surface area (Å²) in [5.74, 6) is -0.389. The van der Waals surface area contributed by atoms with Crippen LogP contribution >= 0.6 is 0 Å². The van der Waals surface area contributed by atoms with Gasteiger partial charge in [-0.1, -0.05) is 12.8 Å². The second-order valence-electron chi connectivity index (χ2n) is 7.82. The summed E-state index contributed by atoms with van der Waals surface area (Å²) in [6.07, 6.45) is 8.21. The first kappa shape index (κ1) is 19.1. The zero-order chi connectivity index (χ0) is 20.4. The minimum absolute atomic E-state index is 0.0708. The fraction of sp³-hybridized carbons (Fsp3) is 0.364. The molecule has 0 aliphatic heterocycles. The predicted molar refractivity (Wildman–Crippen MR) is 112 cm³/mol. The molecule has 3 aromatic rings. The van der Waals surface area contributed by atoms with Gasteiger partial charge in [0.25, 0.3) is 11.8 Å². The van der Waals surface area contributed by atoms with Crippen molar-refractivity contribution in [3.05, 3.63) is 54.0 Å². The number of fused-ring (bicyclic) bond motifs is 1. The Hall–Kier alpha value is -3.22. The fourth-order valence-electron chi connectivity index (χ4n) is 3.75. The van der Waals surface area contributed by atoms with Crippen molar-refractivity contribution in [1.82, 2.24) is 19.9 Å². The molecule has 0 bridgehead atoms. The van der Waals surface area contributed by atoms with Crippen molar-refractivity contribution in [2.45, 2.75) is 51.6 Å². The van der Waals surface area contributed by atoms with Gasteiger partial charge >= 0.3 is 0 Å². The molecule has 0 spiro atoms. The standard InChI is InChI=1S/C22H25N5O2/c1-14(2)25-21(28)15-7-9-17(10-8-15)26-22(29)16-11-19-20(23-12-16)27(13-24-19)18-5-3-4-6-18/h7-14,18H,3-6H2,1-2H3,(H,25,28)(H,26,29). The lowest BCUT2D eigenvalue weighted by Crippen LogP contribution is -2.30. The number of anilines is 1. The summed E-state index contributed by atoms with van der Waals surface area (Å²) in [5.41, 5.74) is 3.18. The largest absolute Gasteiger partial charge is 0.350 e. The Balaban J connectivity index is 1.47. The number of hydrogen-bond acceptors (Lipinski definition) is 4. The SMILES string of the molecule is CC(C)NC(=O)c1ccc(NC(=O)c2cnc3c(c2)ncn3C2CCCC2)cc1. The van der Waals surface area contributed by atoms with Crippen molar-refractivity contribution in [3.63, 3.8) is 0 Å². The molecule has 7 nitrogen and oxygen atoms in total. The van der Waals surface area contributed by atoms with Gasteiger partial charge in [0.2, 0.25) is 0 Å². The molecule has 29 heavy (non-hydrogen) atoms. The fourth-order valence-corrected chi connectivity index (χ4v) is 3.75. The topological polar surface area (TPSA) is 88.9 Å². The molecule has 2 aromatic heterocycles. The van der Waals surface area contributed by atoms with Crippen LogP contribution < -0.4 is 10.6 Å². The van der Waals surface area contributed by atoms with Gasteiger partial charge in [0.1, 0.15) is 5.52 Å². The Morgan fingerprint density at radius 3 is 2.45 bits per heavy atom. The van der Waals surface area contributed by atoms with Crippen molar-refractivity contribution in [3.8, 4) is 0 Å². The van der Waals surface area contributed by atoms with Crippen LogP contribution in [0.1, 0.15) is 66.3 Å². The number of aromatic nitrogens is 3. The molecule has 1 aliphatic carbocycles. The van der Waals surface area contributed by atoms with Gasteiger partial charge in [0.15, 0.2) is 5.65 Å². The third-order valence-corrected chi connectivity index (χ3v) is 5.22. The van der Waals surface area contributed by atoms with E-state index >= 15 is 0 Å². The van der Waals surface area contributed by atoms with E-state index in [2.05, 4.69) is 25.2 Å². The molecule has 4 rings (SSSR count). The second kappa shape index (κ2) is 8.03. The molecule has 0 unspecified atom stereocenters. The average Bonchev–Trinajstić information content (AvgIpc) is 3.36. The molecule has 2 N–H and O–H groups in total. The lowest BCUT2D eigenvalue weighted by atomic mass is 10.1. The monoisotopic (exact) mass is 391 g/mol. The highest BCUT2D eigenvalue weighted by Gasteiger charge is 2.20. The number of rotatable bonds is 5. The minimum Gasteiger partial charge on any atom is -0.350 e. The highest BCUT2D eigenvalue weighted by molar-refractivity contribution is 6.05. The van der Waals surface area contributed by atoms with E-state index in [1.165, 1.54) is 12.8 Å². The quantitative estimate of drug-likeness (QED) is 0.689. The van der Waals surface area contributed by atoms with Crippen LogP contribution in [0, 0.1) is 0 Å². The van der Waals surface area contributed by atoms with Crippen molar-refractivity contribution < 1.29 is 9.59 Å². The Morgan fingerprint density at radius 2 is 1.76 bits per heavy atom. The highest BCUT2D eigenvalue weighted by atomic mass is 16.2. The van der Waals surface area contributed by atoms with Crippen LogP contribution in [0.25, 0.3) is 11.2 Å². The van der Waals surface area contributed by atoms with Crippen LogP contribution in [0.2, 0.25) is 0 Å². The van der Waals surface area contributed by atoms with Crippen LogP contribution in [0.5, 0.6) is 0 Å². The number of benzene rings is 1. The molecule has 0 radical (unpaired) electrons. The average molecular weight is 391 g/mol. The Bertz CT molecular complexity index is 1030. The molecule has 1 saturated carbocycles. The van der Waals surface area contributed by atoms with Crippen LogP contribution in [0.4, 0.5) is 5.69 Å². The van der Waals surface area contributed by atoms with Gasteiger partial charge in [-0.15, -0.1) is 0 Å². The molecular weight excluding hydrogens is 366 g/mol. The van der Waals surface area contributed by atoms with E-state index < -0.39 is 0 Å². The number of carbonyl (C=O) groups excluding carboxylic acids is 2. The summed E-state index contributed by atoms with van der Waals surface area (Å²) < 4.78 is 2.13. The van der Waals surface area contributed by atoms with Crippen molar-refractivity contribution in [2.24, 2.45) is 0 Å². The van der Waals surface area contributed by atoms with Gasteiger partial charge in [0.05, 0.1) is 11.9 Å². The number of imidazole rings is 1. The van der Waals surface area contributed by atoms with E-state index in [1.807, 2.05) is 20.2 Å². The summed E-state index contributed by atoms with van der Waals surface area (Å²) >= 11 is 0. The van der Waals surface area contributed by atoms with Gasteiger partial charge in [-0.25, -0.2) is 9.97 Å². The van der Waals surface area contributed by atoms with Gasteiger partial charge in [0, 0.05) is 29.5 Å². The van der Waals surface area contributed by atoms with E-state index in [-0.39, 0.29) is 17.9 Å². The summed E-state index contributed by atoms with van der Waals surface area (Å²) in [4.78, 5) is 33.6. The molecule has 2 amide bonds. The van der Waals surface area contributed by atoms with Gasteiger partial charge in [-0.2, -0.15) is 0 Å². The molecule has 0 saturated heterocycles. The summed E-state index contributed by atoms with van der Waals surface area (Å²) in [6, 6.07) is 9.12. The third kappa shape index (κ3) is 4.13. The molecule has 1 aliphatic rings. The molecule has 1 aromatic carbocycles. The number of hydrogen-bond donors (Lipinski definition) is 2. The van der Waals surface area contributed by atoms with Crippen LogP contribution in [-0.2, 0) is 0 Å². The molecule has 1 fully saturated rings. The van der Waals surface area contributed by atoms with Crippen LogP contribution in [-0.4, -0.2) is 32.4 Å². The van der Waals surface area contributed by atoms with Crippen molar-refractivity contribution in [1.29, 1.82) is 0 Å². The first-order chi connectivity index (χ1) is 14.0. The Kier molecular flexibility index (Phi) is 5.29. The number of carbonyl (C=O) groups is 2. The Morgan fingerprint density at radius 1 is 1.03 bits per heavy atom. The maximum atomic E-state index is 12.6. The van der Waals surface area contributed by atoms with Gasteiger partial charge < -0.3 is 15.2 Å². The third-order valence-electron chi connectivity index (χ3n) is 5.22. The number of nitrogens with one attached hydrogen (secondary N) is 2. The normalized spacial score (nSPS) is 14.4. The maximum absolute atomic E-state index is 12.6. The Labute approximate surface area is 169 Å². The van der Waals surface area contributed by atoms with Crippen molar-refractivity contribution in [2.75, 3.05) is 5.32 Å². The zero-order valence-corrected chi connectivity index (χ0v) is 16.7. The molecule has 7 heteroatoms. The lowest BCUT2D eigenvalue weighted by Gasteiger charge is -2.11.